The Labute approximate surface area is 141 Å². The summed E-state index contributed by atoms with van der Waals surface area (Å²) < 4.78 is 5.08. The highest BCUT2D eigenvalue weighted by atomic mass is 16.5. The lowest BCUT2D eigenvalue weighted by molar-refractivity contribution is -0.124. The molecule has 1 amide bonds. The average Bonchev–Trinajstić information content (AvgIpc) is 3.00. The summed E-state index contributed by atoms with van der Waals surface area (Å²) in [6.07, 6.45) is 3.11. The minimum Gasteiger partial charge on any atom is -0.452 e. The molecule has 0 fully saturated rings. The van der Waals surface area contributed by atoms with E-state index < -0.39 is 5.97 Å². The summed E-state index contributed by atoms with van der Waals surface area (Å²) in [7, 11) is 0. The monoisotopic (exact) mass is 332 g/mol. The number of carbonyl (C=O) groups is 2. The molecule has 2 aromatic rings. The molecule has 0 saturated carbocycles. The van der Waals surface area contributed by atoms with Crippen LogP contribution in [0.2, 0.25) is 0 Å². The largest absolute Gasteiger partial charge is 0.452 e. The zero-order chi connectivity index (χ0) is 17.5. The van der Waals surface area contributed by atoms with Gasteiger partial charge in [-0.25, -0.2) is 4.79 Å². The lowest BCUT2D eigenvalue weighted by Crippen LogP contribution is -2.35. The number of esters is 1. The fourth-order valence-corrected chi connectivity index (χ4v) is 2.46. The number of benzene rings is 1. The Morgan fingerprint density at radius 3 is 2.75 bits per heavy atom. The molecule has 1 atom stereocenters. The fourth-order valence-electron chi connectivity index (χ4n) is 2.46. The molecule has 130 valence electrons. The van der Waals surface area contributed by atoms with Gasteiger partial charge < -0.3 is 10.1 Å². The van der Waals surface area contributed by atoms with Crippen molar-refractivity contribution in [2.24, 2.45) is 5.92 Å². The van der Waals surface area contributed by atoms with Gasteiger partial charge in [-0.1, -0.05) is 32.8 Å². The first-order valence-corrected chi connectivity index (χ1v) is 8.23. The van der Waals surface area contributed by atoms with E-state index in [0.717, 1.165) is 19.3 Å². The predicted molar refractivity (Wildman–Crippen MR) is 90.5 cm³/mol. The summed E-state index contributed by atoms with van der Waals surface area (Å²) in [4.78, 5) is 24.0. The van der Waals surface area contributed by atoms with Crippen LogP contribution in [0.15, 0.2) is 18.2 Å². The van der Waals surface area contributed by atoms with Crippen molar-refractivity contribution in [3.8, 4) is 0 Å². The highest BCUT2D eigenvalue weighted by molar-refractivity contribution is 6.02. The number of para-hydroxylation sites is 1. The number of fused-ring (bicyclic) bond motifs is 1. The van der Waals surface area contributed by atoms with E-state index >= 15 is 0 Å². The number of aromatic amines is 1. The van der Waals surface area contributed by atoms with Crippen LogP contribution in [0.25, 0.3) is 11.0 Å². The molecule has 0 radical (unpaired) electrons. The highest BCUT2D eigenvalue weighted by Crippen LogP contribution is 2.14. The molecule has 0 aliphatic carbocycles. The Morgan fingerprint density at radius 1 is 1.21 bits per heavy atom. The number of nitrogens with zero attached hydrogens (tertiary/aromatic N) is 2. The normalized spacial score (nSPS) is 12.3. The van der Waals surface area contributed by atoms with Crippen LogP contribution in [0.5, 0.6) is 0 Å². The van der Waals surface area contributed by atoms with Gasteiger partial charge in [-0.15, -0.1) is 0 Å². The summed E-state index contributed by atoms with van der Waals surface area (Å²) in [6, 6.07) is 5.09. The van der Waals surface area contributed by atoms with Crippen LogP contribution in [0.3, 0.4) is 0 Å². The Morgan fingerprint density at radius 2 is 2.00 bits per heavy atom. The Bertz CT molecular complexity index is 696. The molecule has 0 unspecified atom stereocenters. The van der Waals surface area contributed by atoms with E-state index in [-0.39, 0.29) is 18.6 Å². The fraction of sp³-hybridized carbons (Fsp3) is 0.529. The minimum absolute atomic E-state index is 0.0638. The number of rotatable bonds is 8. The maximum atomic E-state index is 12.1. The Kier molecular flexibility index (Phi) is 6.28. The molecule has 0 bridgehead atoms. The van der Waals surface area contributed by atoms with Crippen LogP contribution >= 0.6 is 0 Å². The molecular weight excluding hydrogens is 308 g/mol. The van der Waals surface area contributed by atoms with Crippen molar-refractivity contribution in [1.82, 2.24) is 20.7 Å². The zero-order valence-electron chi connectivity index (χ0n) is 14.3. The number of aromatic nitrogens is 3. The summed E-state index contributed by atoms with van der Waals surface area (Å²) in [5.74, 6) is -0.224. The minimum atomic E-state index is -0.586. The average molecular weight is 332 g/mol. The summed E-state index contributed by atoms with van der Waals surface area (Å²) in [5, 5.41) is 13.1. The molecule has 2 N–H and O–H groups in total. The molecule has 24 heavy (non-hydrogen) atoms. The van der Waals surface area contributed by atoms with E-state index in [1.807, 2.05) is 6.92 Å². The van der Waals surface area contributed by atoms with Crippen LogP contribution < -0.4 is 5.32 Å². The first-order valence-electron chi connectivity index (χ1n) is 8.23. The number of amides is 1. The van der Waals surface area contributed by atoms with Gasteiger partial charge in [-0.2, -0.15) is 15.4 Å². The first kappa shape index (κ1) is 17.9. The zero-order valence-corrected chi connectivity index (χ0v) is 14.3. The van der Waals surface area contributed by atoms with Gasteiger partial charge in [0.25, 0.3) is 5.91 Å². The van der Waals surface area contributed by atoms with E-state index in [0.29, 0.717) is 22.5 Å². The van der Waals surface area contributed by atoms with Crippen LogP contribution in [0.4, 0.5) is 0 Å². The van der Waals surface area contributed by atoms with Gasteiger partial charge in [0.05, 0.1) is 5.56 Å². The van der Waals surface area contributed by atoms with Gasteiger partial charge in [0.1, 0.15) is 11.0 Å². The number of carbonyl (C=O) groups excluding carboxylic acids is 2. The van der Waals surface area contributed by atoms with Crippen LogP contribution in [-0.2, 0) is 9.53 Å². The quantitative estimate of drug-likeness (QED) is 0.724. The standard InChI is InChI=1S/C17H24N4O3/c1-11(2)6-4-7-12(3)18-15(22)10-24-17(23)13-8-5-9-14-16(13)20-21-19-14/h5,8-9,11-12H,4,6-7,10H2,1-3H3,(H,18,22)(H,19,20,21)/t12-/m1/s1. The molecule has 0 saturated heterocycles. The van der Waals surface area contributed by atoms with Crippen LogP contribution in [-0.4, -0.2) is 39.9 Å². The number of hydrogen-bond acceptors (Lipinski definition) is 5. The molecular formula is C17H24N4O3. The smallest absolute Gasteiger partial charge is 0.340 e. The second-order valence-corrected chi connectivity index (χ2v) is 6.37. The first-order chi connectivity index (χ1) is 11.5. The van der Waals surface area contributed by atoms with Gasteiger partial charge in [0, 0.05) is 6.04 Å². The van der Waals surface area contributed by atoms with Gasteiger partial charge in [-0.3, -0.25) is 4.79 Å². The maximum Gasteiger partial charge on any atom is 0.340 e. The van der Waals surface area contributed by atoms with Gasteiger partial charge >= 0.3 is 5.97 Å². The molecule has 2 rings (SSSR count). The molecule has 1 heterocycles. The van der Waals surface area contributed by atoms with E-state index in [1.165, 1.54) is 0 Å². The third-order valence-electron chi connectivity index (χ3n) is 3.73. The molecule has 1 aromatic carbocycles. The van der Waals surface area contributed by atoms with E-state index in [9.17, 15) is 9.59 Å². The Balaban J connectivity index is 1.79. The lowest BCUT2D eigenvalue weighted by Gasteiger charge is -2.14. The van der Waals surface area contributed by atoms with Crippen molar-refractivity contribution in [2.45, 2.75) is 46.1 Å². The summed E-state index contributed by atoms with van der Waals surface area (Å²) in [6.45, 7) is 6.01. The SMILES string of the molecule is CC(C)CCC[C@@H](C)NC(=O)COC(=O)c1cccc2n[nH]nc12. The number of ether oxygens (including phenoxy) is 1. The summed E-state index contributed by atoms with van der Waals surface area (Å²) >= 11 is 0. The number of H-pyrrole nitrogens is 1. The highest BCUT2D eigenvalue weighted by Gasteiger charge is 2.16. The van der Waals surface area contributed by atoms with Gasteiger partial charge in [-0.05, 0) is 31.4 Å². The molecule has 1 aromatic heterocycles. The van der Waals surface area contributed by atoms with Crippen molar-refractivity contribution >= 4 is 22.9 Å². The van der Waals surface area contributed by atoms with Crippen molar-refractivity contribution in [2.75, 3.05) is 6.61 Å². The second kappa shape index (κ2) is 8.42. The van der Waals surface area contributed by atoms with Crippen molar-refractivity contribution in [3.05, 3.63) is 23.8 Å². The molecule has 0 spiro atoms. The van der Waals surface area contributed by atoms with Crippen LogP contribution in [0.1, 0.15) is 50.4 Å². The predicted octanol–water partition coefficient (Wildman–Crippen LogP) is 2.45. The van der Waals surface area contributed by atoms with E-state index in [2.05, 4.69) is 34.6 Å². The van der Waals surface area contributed by atoms with Gasteiger partial charge in [0.15, 0.2) is 6.61 Å². The molecule has 0 aliphatic heterocycles. The number of hydrogen-bond donors (Lipinski definition) is 2. The van der Waals surface area contributed by atoms with Crippen molar-refractivity contribution < 1.29 is 14.3 Å². The molecule has 0 aliphatic rings. The van der Waals surface area contributed by atoms with Crippen molar-refractivity contribution in [1.29, 1.82) is 0 Å². The summed E-state index contributed by atoms with van der Waals surface area (Å²) in [5.41, 5.74) is 1.30. The van der Waals surface area contributed by atoms with Crippen molar-refractivity contribution in [3.63, 3.8) is 0 Å². The third-order valence-corrected chi connectivity index (χ3v) is 3.73. The third kappa shape index (κ3) is 5.04. The lowest BCUT2D eigenvalue weighted by atomic mass is 10.0. The maximum absolute atomic E-state index is 12.1. The van der Waals surface area contributed by atoms with E-state index in [4.69, 9.17) is 4.74 Å². The Hall–Kier alpha value is -2.44. The molecule has 7 nitrogen and oxygen atoms in total. The van der Waals surface area contributed by atoms with E-state index in [1.54, 1.807) is 18.2 Å². The molecule has 7 heteroatoms. The second-order valence-electron chi connectivity index (χ2n) is 6.37. The topological polar surface area (TPSA) is 97.0 Å². The number of nitrogens with one attached hydrogen (secondary N) is 2. The van der Waals surface area contributed by atoms with Crippen LogP contribution in [0, 0.1) is 5.92 Å². The van der Waals surface area contributed by atoms with Gasteiger partial charge in [0.2, 0.25) is 0 Å².